The number of carboxylic acid groups (broad SMARTS) is 3. The van der Waals surface area contributed by atoms with E-state index in [-0.39, 0.29) is 126 Å². The minimum absolute atomic E-state index is 0.00407. The molecule has 9 amide bonds. The summed E-state index contributed by atoms with van der Waals surface area (Å²) in [6, 6.07) is 71.0. The zero-order chi connectivity index (χ0) is 101. The Morgan fingerprint density at radius 1 is 0.331 bits per heavy atom. The number of amides is 9. The van der Waals surface area contributed by atoms with Crippen molar-refractivity contribution >= 4 is 123 Å². The van der Waals surface area contributed by atoms with Gasteiger partial charge in [-0.25, -0.2) is 9.59 Å². The molecule has 3 aromatic heterocycles. The fraction of sp³-hybridized carbons (Fsp3) is 0.221. The van der Waals surface area contributed by atoms with Gasteiger partial charge in [0, 0.05) is 97.7 Å². The van der Waals surface area contributed by atoms with Crippen LogP contribution in [0.3, 0.4) is 0 Å². The topological polar surface area (TPSA) is 567 Å². The molecule has 35 nitrogen and oxygen atoms in total. The van der Waals surface area contributed by atoms with Crippen molar-refractivity contribution in [1.29, 1.82) is 5.41 Å². The highest BCUT2D eigenvalue weighted by atomic mass is 16.4. The molecule has 3 atom stereocenters. The summed E-state index contributed by atoms with van der Waals surface area (Å²) in [7, 11) is 0. The lowest BCUT2D eigenvalue weighted by Crippen LogP contribution is -2.43. The molecule has 0 radical (unpaired) electrons. The van der Waals surface area contributed by atoms with E-state index < -0.39 is 89.2 Å². The second-order valence-electron chi connectivity index (χ2n) is 33.1. The largest absolute Gasteiger partial charge is 0.481 e. The number of amidine groups is 1. The van der Waals surface area contributed by atoms with Crippen LogP contribution in [-0.4, -0.2) is 149 Å². The standard InChI is InChI=1S/2C35H39N7O5.C34H36N6O5/c1-21(2)42-30(24-14-8-5-9-15-24)28(23-12-6-4-7-13-23)29(31(42)33(45)40-26-17-10-16-25(20-26)34(46)47)41-32(44)27(39-22(3)43)18-11-19-38-35(36)37;1-21(2)42-30(24-13-8-5-9-14-24)28(23-11-6-4-7-12-23)29(31(42)33(45)40-26-18-16-25(17-19-26)34(46)47)41-32(44)27(39-22(3)43)15-10-20-38-35(36)37;1-20(2)40-30(23-12-8-5-9-13-23)28(22-10-6-4-7-11-22)29(39-33(44)26(37-21(3)41)18-19-27(42)43)31(40)34(45)38-25-16-14-24(15-17-25)32(35)36/h4-10,12-17,20-21,27H,11,18-19H2,1-3H3,(H,39,43)(H,40,45)(H,41,44)(H,46,47)(H4,36,37,38);4-9,11-14,16-19,21,27H,10,15,20H2,1-3H3,(H,39,43)(H,40,45)(H,41,44)(H,46,47)(H4,36,37,38);4-17,20,26H,18-19H2,1-3H3,(H3,35,36)(H,37,41)(H,38,45)(H,39,44)(H,42,43). The molecule has 0 fully saturated rings. The van der Waals surface area contributed by atoms with E-state index >= 15 is 0 Å². The van der Waals surface area contributed by atoms with Crippen LogP contribution < -0.4 is 76.5 Å². The Morgan fingerprint density at radius 2 is 0.612 bits per heavy atom. The number of carboxylic acids is 3. The fourth-order valence-corrected chi connectivity index (χ4v) is 15.8. The van der Waals surface area contributed by atoms with Gasteiger partial charge in [0.15, 0.2) is 11.9 Å². The lowest BCUT2D eigenvalue weighted by molar-refractivity contribution is -0.137. The molecule has 3 unspecified atom stereocenters. The third kappa shape index (κ3) is 27.6. The number of nitrogens with two attached hydrogens (primary N) is 5. The first-order chi connectivity index (χ1) is 66.4. The number of aliphatic imine (C=N–C) groups is 2. The number of carbonyl (C=O) groups excluding carboxylic acids is 9. The fourth-order valence-electron chi connectivity index (χ4n) is 15.8. The van der Waals surface area contributed by atoms with Gasteiger partial charge in [0.2, 0.25) is 35.4 Å². The van der Waals surface area contributed by atoms with Crippen molar-refractivity contribution in [1.82, 2.24) is 29.7 Å². The highest BCUT2D eigenvalue weighted by Gasteiger charge is 2.38. The molecule has 35 heteroatoms. The van der Waals surface area contributed by atoms with Gasteiger partial charge in [-0.05, 0) is 174 Å². The Labute approximate surface area is 803 Å². The molecule has 23 N–H and O–H groups in total. The van der Waals surface area contributed by atoms with E-state index in [4.69, 9.17) is 34.1 Å². The summed E-state index contributed by atoms with van der Waals surface area (Å²) in [5.74, 6) is -8.25. The molecular weight excluding hydrogens is 1770 g/mol. The number of rotatable bonds is 38. The Hall–Kier alpha value is -17.5. The SMILES string of the molecule is CC(=O)NC(CCC(=O)O)C(=O)Nc1c(-c2ccccc2)c(-c2ccccc2)n(C(C)C)c1C(=O)Nc1ccc(C(=N)N)cc1.CC(=O)NC(CCCN=C(N)N)C(=O)Nc1c(-c2ccccc2)c(-c2ccccc2)n(C(C)C)c1C(=O)Nc1ccc(C(=O)O)cc1.CC(=O)NC(CCCN=C(N)N)C(=O)Nc1c(-c2ccccc2)c(-c2ccccc2)n(C(C)C)c1C(=O)Nc1cccc(C(=O)O)c1. The minimum atomic E-state index is -1.17. The monoisotopic (exact) mass is 1880 g/mol. The van der Waals surface area contributed by atoms with E-state index in [2.05, 4.69) is 57.8 Å². The van der Waals surface area contributed by atoms with Gasteiger partial charge in [-0.1, -0.05) is 188 Å². The molecule has 0 aliphatic rings. The van der Waals surface area contributed by atoms with Gasteiger partial charge in [-0.3, -0.25) is 63.3 Å². The Bertz CT molecular complexity index is 6490. The molecule has 0 bridgehead atoms. The van der Waals surface area contributed by atoms with Crippen LogP contribution in [0.1, 0.15) is 177 Å². The molecule has 139 heavy (non-hydrogen) atoms. The van der Waals surface area contributed by atoms with Crippen LogP contribution in [0.15, 0.2) is 265 Å². The van der Waals surface area contributed by atoms with E-state index in [1.54, 1.807) is 30.3 Å². The maximum absolute atomic E-state index is 14.3. The Morgan fingerprint density at radius 3 is 0.878 bits per heavy atom. The number of nitrogens with one attached hydrogen (secondary N) is 10. The number of anilines is 6. The van der Waals surface area contributed by atoms with Crippen molar-refractivity contribution in [3.8, 4) is 67.2 Å². The second-order valence-corrected chi connectivity index (χ2v) is 33.1. The van der Waals surface area contributed by atoms with Gasteiger partial charge < -0.3 is 106 Å². The predicted octanol–water partition coefficient (Wildman–Crippen LogP) is 14.9. The van der Waals surface area contributed by atoms with Gasteiger partial charge in [0.05, 0.1) is 45.3 Å². The highest BCUT2D eigenvalue weighted by molar-refractivity contribution is 6.19. The first-order valence-electron chi connectivity index (χ1n) is 44.7. The van der Waals surface area contributed by atoms with Gasteiger partial charge in [-0.2, -0.15) is 0 Å². The number of hydrogen-bond acceptors (Lipinski definition) is 15. The van der Waals surface area contributed by atoms with Gasteiger partial charge in [0.25, 0.3) is 17.7 Å². The summed E-state index contributed by atoms with van der Waals surface area (Å²) in [6.45, 7) is 16.0. The van der Waals surface area contributed by atoms with E-state index in [1.165, 1.54) is 63.2 Å². The molecular formula is C104H114N20O15. The number of carbonyl (C=O) groups is 12. The summed E-state index contributed by atoms with van der Waals surface area (Å²) < 4.78 is 5.59. The number of aromatic nitrogens is 3. The van der Waals surface area contributed by atoms with Crippen LogP contribution in [0.25, 0.3) is 67.2 Å². The highest BCUT2D eigenvalue weighted by Crippen LogP contribution is 2.49. The number of hydrogen-bond donors (Lipinski definition) is 18. The molecule has 3 heterocycles. The number of guanidine groups is 2. The zero-order valence-corrected chi connectivity index (χ0v) is 78.2. The van der Waals surface area contributed by atoms with E-state index in [0.29, 0.717) is 63.6 Å². The average Bonchev–Trinajstić information content (AvgIpc) is 1.59. The van der Waals surface area contributed by atoms with Crippen molar-refractivity contribution in [2.24, 2.45) is 38.7 Å². The van der Waals surface area contributed by atoms with E-state index in [1.807, 2.05) is 237 Å². The van der Waals surface area contributed by atoms with Crippen molar-refractivity contribution in [2.45, 2.75) is 137 Å². The first kappa shape index (κ1) is 104. The predicted molar refractivity (Wildman–Crippen MR) is 541 cm³/mol. The van der Waals surface area contributed by atoms with Crippen molar-refractivity contribution in [3.05, 3.63) is 289 Å². The van der Waals surface area contributed by atoms with Gasteiger partial charge in [-0.15, -0.1) is 0 Å². The number of nitrogen functional groups attached to an aromatic ring is 1. The Kier molecular flexibility index (Phi) is 36.5. The lowest BCUT2D eigenvalue weighted by Gasteiger charge is -2.20. The molecule has 720 valence electrons. The van der Waals surface area contributed by atoms with Crippen LogP contribution in [0, 0.1) is 5.41 Å². The number of benzene rings is 9. The average molecular weight is 1880 g/mol. The normalized spacial score (nSPS) is 11.4. The quantitative estimate of drug-likeness (QED) is 0.00971. The maximum atomic E-state index is 14.3. The third-order valence-electron chi connectivity index (χ3n) is 21.7. The first-order valence-corrected chi connectivity index (χ1v) is 44.7. The minimum Gasteiger partial charge on any atom is -0.481 e. The Balaban J connectivity index is 0.000000215. The molecule has 9 aromatic carbocycles. The molecule has 0 spiro atoms. The molecule has 0 aliphatic heterocycles. The summed E-state index contributed by atoms with van der Waals surface area (Å²) in [4.78, 5) is 163. The zero-order valence-electron chi connectivity index (χ0n) is 78.2. The third-order valence-corrected chi connectivity index (χ3v) is 21.7. The summed E-state index contributed by atoms with van der Waals surface area (Å²) in [5.41, 5.74) is 38.7. The van der Waals surface area contributed by atoms with Crippen LogP contribution in [0.4, 0.5) is 34.1 Å². The van der Waals surface area contributed by atoms with Crippen LogP contribution >= 0.6 is 0 Å². The summed E-state index contributed by atoms with van der Waals surface area (Å²) in [5, 5.41) is 61.3. The maximum Gasteiger partial charge on any atom is 0.335 e. The summed E-state index contributed by atoms with van der Waals surface area (Å²) >= 11 is 0. The van der Waals surface area contributed by atoms with Gasteiger partial charge >= 0.3 is 17.9 Å². The molecule has 0 saturated heterocycles. The summed E-state index contributed by atoms with van der Waals surface area (Å²) in [6.07, 6.45) is 0.762. The number of aliphatic carboxylic acids is 1. The molecule has 0 saturated carbocycles. The smallest absolute Gasteiger partial charge is 0.335 e. The van der Waals surface area contributed by atoms with E-state index in [9.17, 15) is 72.9 Å². The molecule has 12 aromatic rings. The number of nitrogens with zero attached hydrogens (tertiary/aromatic N) is 5. The second kappa shape index (κ2) is 48.9. The van der Waals surface area contributed by atoms with Crippen molar-refractivity contribution < 1.29 is 72.9 Å². The van der Waals surface area contributed by atoms with E-state index in [0.717, 1.165) is 33.4 Å². The van der Waals surface area contributed by atoms with Crippen LogP contribution in [0.2, 0.25) is 0 Å². The van der Waals surface area contributed by atoms with Crippen molar-refractivity contribution in [2.75, 3.05) is 45.0 Å². The van der Waals surface area contributed by atoms with Crippen LogP contribution in [0.5, 0.6) is 0 Å². The lowest BCUT2D eigenvalue weighted by atomic mass is 9.99. The van der Waals surface area contributed by atoms with Crippen molar-refractivity contribution in [3.63, 3.8) is 0 Å². The number of aromatic carboxylic acids is 2. The molecule has 12 rings (SSSR count). The molecule has 0 aliphatic carbocycles. The van der Waals surface area contributed by atoms with Crippen LogP contribution in [-0.2, 0) is 33.6 Å². The van der Waals surface area contributed by atoms with Gasteiger partial charge in [0.1, 0.15) is 41.0 Å².